The van der Waals surface area contributed by atoms with Gasteiger partial charge in [-0.3, -0.25) is 9.59 Å². The van der Waals surface area contributed by atoms with Gasteiger partial charge in [-0.1, -0.05) is 5.57 Å². The first-order valence-corrected chi connectivity index (χ1v) is 10.1. The van der Waals surface area contributed by atoms with Gasteiger partial charge in [0.1, 0.15) is 18.4 Å². The summed E-state index contributed by atoms with van der Waals surface area (Å²) in [6.45, 7) is 3.12. The van der Waals surface area contributed by atoms with Crippen molar-refractivity contribution < 1.29 is 31.5 Å². The number of fused-ring (bicyclic) bond motifs is 1. The highest BCUT2D eigenvalue weighted by atomic mass is 19.4. The second-order valence-electron chi connectivity index (χ2n) is 8.35. The molecule has 0 aromatic carbocycles. The molecule has 3 aliphatic rings. The van der Waals surface area contributed by atoms with Crippen LogP contribution in [0.4, 0.5) is 22.0 Å². The van der Waals surface area contributed by atoms with Crippen LogP contribution in [0.5, 0.6) is 0 Å². The lowest BCUT2D eigenvalue weighted by atomic mass is 9.75. The zero-order valence-electron chi connectivity index (χ0n) is 16.8. The Kier molecular flexibility index (Phi) is 6.71. The predicted octanol–water partition coefficient (Wildman–Crippen LogP) is 1.27. The number of hydrogen-bond acceptors (Lipinski definition) is 4. The molecule has 2 fully saturated rings. The molecular formula is C19H27F5N4O2. The van der Waals surface area contributed by atoms with Gasteiger partial charge in [-0.15, -0.1) is 0 Å². The first-order valence-electron chi connectivity index (χ1n) is 10.1. The number of hydrogen-bond donors (Lipinski definition) is 4. The van der Waals surface area contributed by atoms with Crippen LogP contribution in [0.1, 0.15) is 33.1 Å². The van der Waals surface area contributed by atoms with Gasteiger partial charge in [0.05, 0.1) is 12.5 Å². The standard InChI is InChI=1S/C19H27F5N4O2/c1-8-11(6-14(29)27-9(2)16-12(21)5-10(20)7-26-16)18(30)28-13-3-4-25-17(15(8)13)19(22,23)24/h9-10,12-13,15-17,25-26H,3-7H2,1-2H3,(H,27,29)(H,28,30)/t9-,10?,12?,13?,15?,16?,17?/m1/s1. The van der Waals surface area contributed by atoms with E-state index in [1.165, 1.54) is 6.92 Å². The number of rotatable bonds is 4. The monoisotopic (exact) mass is 438 g/mol. The number of nitrogens with one attached hydrogen (secondary N) is 4. The van der Waals surface area contributed by atoms with E-state index in [1.807, 2.05) is 0 Å². The summed E-state index contributed by atoms with van der Waals surface area (Å²) in [5.74, 6) is -2.15. The van der Waals surface area contributed by atoms with Crippen LogP contribution >= 0.6 is 0 Å². The lowest BCUT2D eigenvalue weighted by Crippen LogP contribution is -2.62. The topological polar surface area (TPSA) is 82.3 Å². The van der Waals surface area contributed by atoms with Gasteiger partial charge in [-0.2, -0.15) is 13.2 Å². The fourth-order valence-corrected chi connectivity index (χ4v) is 4.73. The maximum Gasteiger partial charge on any atom is 0.404 e. The van der Waals surface area contributed by atoms with Gasteiger partial charge in [-0.05, 0) is 26.8 Å². The van der Waals surface area contributed by atoms with E-state index in [0.29, 0.717) is 6.42 Å². The third-order valence-electron chi connectivity index (χ3n) is 6.24. The van der Waals surface area contributed by atoms with Gasteiger partial charge < -0.3 is 21.3 Å². The van der Waals surface area contributed by atoms with Crippen molar-refractivity contribution in [2.24, 2.45) is 5.92 Å². The van der Waals surface area contributed by atoms with E-state index in [4.69, 9.17) is 0 Å². The highest BCUT2D eigenvalue weighted by Gasteiger charge is 2.52. The van der Waals surface area contributed by atoms with E-state index < -0.39 is 66.8 Å². The molecule has 0 saturated carbocycles. The van der Waals surface area contributed by atoms with Crippen molar-refractivity contribution in [1.29, 1.82) is 0 Å². The molecule has 0 bridgehead atoms. The Balaban J connectivity index is 1.71. The zero-order chi connectivity index (χ0) is 22.2. The van der Waals surface area contributed by atoms with Crippen molar-refractivity contribution in [2.45, 2.75) is 75.8 Å². The quantitative estimate of drug-likeness (QED) is 0.499. The SMILES string of the molecule is CC1=C(CC(=O)N[C@H](C)C2NCC(F)CC2F)C(=O)NC2CCNC(C(F)(F)F)C12. The van der Waals surface area contributed by atoms with Crippen molar-refractivity contribution in [2.75, 3.05) is 13.1 Å². The number of carbonyl (C=O) groups excluding carboxylic acids is 2. The van der Waals surface area contributed by atoms with Crippen LogP contribution in [0.15, 0.2) is 11.1 Å². The maximum atomic E-state index is 14.1. The van der Waals surface area contributed by atoms with Gasteiger partial charge in [0.25, 0.3) is 0 Å². The Morgan fingerprint density at radius 1 is 1.27 bits per heavy atom. The van der Waals surface area contributed by atoms with Crippen molar-refractivity contribution in [3.05, 3.63) is 11.1 Å². The molecule has 3 heterocycles. The van der Waals surface area contributed by atoms with Crippen molar-refractivity contribution in [3.63, 3.8) is 0 Å². The molecule has 0 spiro atoms. The summed E-state index contributed by atoms with van der Waals surface area (Å²) in [6.07, 6.45) is -7.59. The molecule has 30 heavy (non-hydrogen) atoms. The van der Waals surface area contributed by atoms with E-state index in [0.717, 1.165) is 0 Å². The van der Waals surface area contributed by atoms with E-state index in [9.17, 15) is 31.5 Å². The van der Waals surface area contributed by atoms with Gasteiger partial charge >= 0.3 is 6.18 Å². The highest BCUT2D eigenvalue weighted by Crippen LogP contribution is 2.38. The number of amides is 2. The summed E-state index contributed by atoms with van der Waals surface area (Å²) in [5, 5.41) is 10.4. The lowest BCUT2D eigenvalue weighted by Gasteiger charge is -2.44. The van der Waals surface area contributed by atoms with Crippen molar-refractivity contribution in [3.8, 4) is 0 Å². The van der Waals surface area contributed by atoms with Crippen molar-refractivity contribution in [1.82, 2.24) is 21.3 Å². The van der Waals surface area contributed by atoms with Crippen LogP contribution in [0, 0.1) is 5.92 Å². The van der Waals surface area contributed by atoms with Crippen molar-refractivity contribution >= 4 is 11.8 Å². The molecule has 6 unspecified atom stereocenters. The molecule has 0 aliphatic carbocycles. The summed E-state index contributed by atoms with van der Waals surface area (Å²) < 4.78 is 67.7. The fraction of sp³-hybridized carbons (Fsp3) is 0.789. The second-order valence-corrected chi connectivity index (χ2v) is 8.35. The number of piperidine rings is 2. The van der Waals surface area contributed by atoms with Crippen LogP contribution in [-0.2, 0) is 9.59 Å². The van der Waals surface area contributed by atoms with E-state index in [1.54, 1.807) is 6.92 Å². The summed E-state index contributed by atoms with van der Waals surface area (Å²) in [5.41, 5.74) is 0.233. The smallest absolute Gasteiger partial charge is 0.352 e. The van der Waals surface area contributed by atoms with E-state index in [2.05, 4.69) is 21.3 Å². The molecule has 3 rings (SSSR count). The van der Waals surface area contributed by atoms with Gasteiger partial charge in [0.15, 0.2) is 0 Å². The molecular weight excluding hydrogens is 411 g/mol. The van der Waals surface area contributed by atoms with Crippen LogP contribution in [0.25, 0.3) is 0 Å². The minimum Gasteiger partial charge on any atom is -0.352 e. The Morgan fingerprint density at radius 3 is 2.60 bits per heavy atom. The first kappa shape index (κ1) is 22.9. The summed E-state index contributed by atoms with van der Waals surface area (Å²) >= 11 is 0. The Labute approximate surface area is 171 Å². The molecule has 7 atom stereocenters. The summed E-state index contributed by atoms with van der Waals surface area (Å²) in [6, 6.07) is -3.91. The van der Waals surface area contributed by atoms with Gasteiger partial charge in [0, 0.05) is 36.5 Å². The number of carbonyl (C=O) groups is 2. The number of alkyl halides is 5. The minimum atomic E-state index is -4.49. The van der Waals surface area contributed by atoms with E-state index in [-0.39, 0.29) is 30.7 Å². The minimum absolute atomic E-state index is 0.00359. The first-order chi connectivity index (χ1) is 14.0. The molecule has 2 saturated heterocycles. The predicted molar refractivity (Wildman–Crippen MR) is 99.0 cm³/mol. The Bertz CT molecular complexity index is 714. The maximum absolute atomic E-state index is 14.1. The molecule has 2 amide bonds. The average molecular weight is 438 g/mol. The molecule has 11 heteroatoms. The number of halogens is 5. The Hall–Kier alpha value is -1.75. The second kappa shape index (κ2) is 8.78. The normalized spacial score (nSPS) is 36.0. The lowest BCUT2D eigenvalue weighted by molar-refractivity contribution is -0.172. The molecule has 0 aromatic heterocycles. The summed E-state index contributed by atoms with van der Waals surface area (Å²) in [7, 11) is 0. The summed E-state index contributed by atoms with van der Waals surface area (Å²) in [4.78, 5) is 24.9. The molecule has 0 aromatic rings. The Morgan fingerprint density at radius 2 is 1.97 bits per heavy atom. The van der Waals surface area contributed by atoms with Crippen LogP contribution in [0.2, 0.25) is 0 Å². The molecule has 4 N–H and O–H groups in total. The largest absolute Gasteiger partial charge is 0.404 e. The van der Waals surface area contributed by atoms with Crippen LogP contribution < -0.4 is 21.3 Å². The average Bonchev–Trinajstić information content (AvgIpc) is 2.63. The molecule has 0 radical (unpaired) electrons. The third-order valence-corrected chi connectivity index (χ3v) is 6.24. The highest BCUT2D eigenvalue weighted by molar-refractivity contribution is 6.00. The van der Waals surface area contributed by atoms with E-state index >= 15 is 0 Å². The third kappa shape index (κ3) is 4.77. The molecule has 170 valence electrons. The molecule has 6 nitrogen and oxygen atoms in total. The van der Waals surface area contributed by atoms with Gasteiger partial charge in [0.2, 0.25) is 11.8 Å². The van der Waals surface area contributed by atoms with Crippen LogP contribution in [-0.4, -0.2) is 67.6 Å². The zero-order valence-corrected chi connectivity index (χ0v) is 16.8. The van der Waals surface area contributed by atoms with Crippen LogP contribution in [0.3, 0.4) is 0 Å². The van der Waals surface area contributed by atoms with Gasteiger partial charge in [-0.25, -0.2) is 8.78 Å². The molecule has 3 aliphatic heterocycles. The fourth-order valence-electron chi connectivity index (χ4n) is 4.73.